The molecule has 110 valence electrons. The number of halogens is 1. The van der Waals surface area contributed by atoms with Gasteiger partial charge in [0.25, 0.3) is 0 Å². The number of benzene rings is 1. The standard InChI is InChI=1S/C18H25ClO/c1-11-9-17(11)13(3)16-6-4-5-15(18(16)20-10-19)12(2)14-7-8-14/h4-6,11-14,17H,7-10H2,1-3H3/t11-,12-,13+,17?/m1/s1. The fraction of sp³-hybridized carbons (Fsp3) is 0.667. The van der Waals surface area contributed by atoms with Crippen molar-refractivity contribution in [2.75, 3.05) is 6.07 Å². The Hall–Kier alpha value is -0.690. The molecule has 0 bridgehead atoms. The van der Waals surface area contributed by atoms with Crippen molar-refractivity contribution in [3.05, 3.63) is 29.3 Å². The van der Waals surface area contributed by atoms with E-state index in [0.717, 1.165) is 23.5 Å². The number of ether oxygens (including phenoxy) is 1. The van der Waals surface area contributed by atoms with Gasteiger partial charge in [-0.2, -0.15) is 0 Å². The minimum atomic E-state index is 0.244. The molecule has 2 heteroatoms. The molecule has 0 radical (unpaired) electrons. The molecular weight excluding hydrogens is 268 g/mol. The second kappa shape index (κ2) is 5.60. The Bertz CT molecular complexity index is 480. The summed E-state index contributed by atoms with van der Waals surface area (Å²) in [5.74, 6) is 4.77. The molecular formula is C18H25ClO. The van der Waals surface area contributed by atoms with E-state index >= 15 is 0 Å². The second-order valence-corrected chi connectivity index (χ2v) is 7.03. The van der Waals surface area contributed by atoms with Crippen molar-refractivity contribution >= 4 is 11.6 Å². The molecule has 1 nitrogen and oxygen atoms in total. The summed E-state index contributed by atoms with van der Waals surface area (Å²) >= 11 is 5.89. The van der Waals surface area contributed by atoms with Gasteiger partial charge >= 0.3 is 0 Å². The van der Waals surface area contributed by atoms with Gasteiger partial charge in [0.1, 0.15) is 5.75 Å². The Morgan fingerprint density at radius 1 is 1.20 bits per heavy atom. The monoisotopic (exact) mass is 292 g/mol. The summed E-state index contributed by atoms with van der Waals surface area (Å²) in [5, 5.41) is 0. The van der Waals surface area contributed by atoms with Gasteiger partial charge in [0.15, 0.2) is 6.07 Å². The lowest BCUT2D eigenvalue weighted by atomic mass is 9.88. The van der Waals surface area contributed by atoms with Crippen LogP contribution in [0.25, 0.3) is 0 Å². The van der Waals surface area contributed by atoms with Crippen molar-refractivity contribution in [1.82, 2.24) is 0 Å². The molecule has 3 rings (SSSR count). The predicted octanol–water partition coefficient (Wildman–Crippen LogP) is 5.53. The molecule has 0 spiro atoms. The Morgan fingerprint density at radius 3 is 2.30 bits per heavy atom. The van der Waals surface area contributed by atoms with Gasteiger partial charge < -0.3 is 4.74 Å². The lowest BCUT2D eigenvalue weighted by Gasteiger charge is -2.22. The number of hydrogen-bond donors (Lipinski definition) is 0. The SMILES string of the molecule is C[C@@H]1CC1[C@@H](C)c1cccc([C@H](C)C2CC2)c1OCCl. The summed E-state index contributed by atoms with van der Waals surface area (Å²) in [7, 11) is 0. The van der Waals surface area contributed by atoms with E-state index in [2.05, 4.69) is 39.0 Å². The van der Waals surface area contributed by atoms with E-state index in [1.165, 1.54) is 30.4 Å². The second-order valence-electron chi connectivity index (χ2n) is 6.81. The van der Waals surface area contributed by atoms with Gasteiger partial charge in [0.2, 0.25) is 0 Å². The molecule has 0 aromatic heterocycles. The van der Waals surface area contributed by atoms with Crippen LogP contribution >= 0.6 is 11.6 Å². The highest BCUT2D eigenvalue weighted by Crippen LogP contribution is 2.52. The van der Waals surface area contributed by atoms with Crippen LogP contribution in [0.4, 0.5) is 0 Å². The van der Waals surface area contributed by atoms with E-state index < -0.39 is 0 Å². The van der Waals surface area contributed by atoms with Gasteiger partial charge in [-0.3, -0.25) is 0 Å². The molecule has 0 aliphatic heterocycles. The maximum Gasteiger partial charge on any atom is 0.162 e. The molecule has 2 fully saturated rings. The highest BCUT2D eigenvalue weighted by molar-refractivity contribution is 6.17. The Kier molecular flexibility index (Phi) is 3.99. The van der Waals surface area contributed by atoms with Crippen molar-refractivity contribution in [3.63, 3.8) is 0 Å². The molecule has 4 atom stereocenters. The summed E-state index contributed by atoms with van der Waals surface area (Å²) in [6, 6.07) is 6.92. The number of hydrogen-bond acceptors (Lipinski definition) is 1. The maximum absolute atomic E-state index is 5.89. The van der Waals surface area contributed by atoms with E-state index in [0.29, 0.717) is 11.8 Å². The smallest absolute Gasteiger partial charge is 0.162 e. The van der Waals surface area contributed by atoms with Crippen molar-refractivity contribution in [2.24, 2.45) is 17.8 Å². The molecule has 1 unspecified atom stereocenters. The molecule has 0 heterocycles. The minimum absolute atomic E-state index is 0.244. The van der Waals surface area contributed by atoms with E-state index in [9.17, 15) is 0 Å². The van der Waals surface area contributed by atoms with Crippen LogP contribution in [0.15, 0.2) is 18.2 Å². The highest BCUT2D eigenvalue weighted by atomic mass is 35.5. The quantitative estimate of drug-likeness (QED) is 0.626. The van der Waals surface area contributed by atoms with E-state index in [1.807, 2.05) is 0 Å². The summed E-state index contributed by atoms with van der Waals surface area (Å²) in [6.07, 6.45) is 4.08. The van der Waals surface area contributed by atoms with Crippen LogP contribution in [0, 0.1) is 17.8 Å². The maximum atomic E-state index is 5.89. The fourth-order valence-corrected chi connectivity index (χ4v) is 3.75. The van der Waals surface area contributed by atoms with Crippen LogP contribution in [0.2, 0.25) is 0 Å². The van der Waals surface area contributed by atoms with Crippen LogP contribution in [0.5, 0.6) is 5.75 Å². The molecule has 2 aliphatic carbocycles. The molecule has 0 N–H and O–H groups in total. The van der Waals surface area contributed by atoms with Crippen LogP contribution in [0.1, 0.15) is 63.0 Å². The predicted molar refractivity (Wildman–Crippen MR) is 84.6 cm³/mol. The third-order valence-electron chi connectivity index (χ3n) is 5.40. The van der Waals surface area contributed by atoms with Crippen molar-refractivity contribution < 1.29 is 4.74 Å². The largest absolute Gasteiger partial charge is 0.477 e. The van der Waals surface area contributed by atoms with E-state index in [-0.39, 0.29) is 6.07 Å². The number of alkyl halides is 1. The first-order valence-electron chi connectivity index (χ1n) is 7.95. The highest BCUT2D eigenvalue weighted by Gasteiger charge is 2.39. The summed E-state index contributed by atoms with van der Waals surface area (Å²) < 4.78 is 5.87. The number of rotatable bonds is 6. The first-order valence-corrected chi connectivity index (χ1v) is 8.48. The van der Waals surface area contributed by atoms with E-state index in [4.69, 9.17) is 16.3 Å². The summed E-state index contributed by atoms with van der Waals surface area (Å²) in [6.45, 7) is 7.03. The molecule has 0 saturated heterocycles. The van der Waals surface area contributed by atoms with Gasteiger partial charge in [-0.05, 0) is 60.0 Å². The van der Waals surface area contributed by atoms with Gasteiger partial charge in [-0.1, -0.05) is 50.6 Å². The zero-order valence-electron chi connectivity index (χ0n) is 12.7. The van der Waals surface area contributed by atoms with Gasteiger partial charge in [-0.15, -0.1) is 0 Å². The minimum Gasteiger partial charge on any atom is -0.477 e. The van der Waals surface area contributed by atoms with Crippen LogP contribution in [-0.2, 0) is 0 Å². The van der Waals surface area contributed by atoms with Crippen LogP contribution < -0.4 is 4.74 Å². The molecule has 20 heavy (non-hydrogen) atoms. The first kappa shape index (κ1) is 14.3. The average molecular weight is 293 g/mol. The van der Waals surface area contributed by atoms with Crippen molar-refractivity contribution in [3.8, 4) is 5.75 Å². The Labute approximate surface area is 127 Å². The van der Waals surface area contributed by atoms with Crippen molar-refractivity contribution in [2.45, 2.75) is 51.9 Å². The number of para-hydroxylation sites is 1. The molecule has 1 aromatic rings. The first-order chi connectivity index (χ1) is 9.63. The van der Waals surface area contributed by atoms with Crippen LogP contribution in [-0.4, -0.2) is 6.07 Å². The average Bonchev–Trinajstić information content (AvgIpc) is 3.33. The molecule has 2 aliphatic rings. The summed E-state index contributed by atoms with van der Waals surface area (Å²) in [5.41, 5.74) is 2.73. The zero-order valence-corrected chi connectivity index (χ0v) is 13.5. The Balaban J connectivity index is 1.93. The van der Waals surface area contributed by atoms with Gasteiger partial charge in [0.05, 0.1) is 0 Å². The molecule has 2 saturated carbocycles. The van der Waals surface area contributed by atoms with E-state index in [1.54, 1.807) is 0 Å². The van der Waals surface area contributed by atoms with Crippen LogP contribution in [0.3, 0.4) is 0 Å². The lowest BCUT2D eigenvalue weighted by Crippen LogP contribution is -2.07. The molecule has 1 aromatic carbocycles. The third-order valence-corrected chi connectivity index (χ3v) is 5.51. The topological polar surface area (TPSA) is 9.23 Å². The molecule has 0 amide bonds. The third kappa shape index (κ3) is 2.70. The Morgan fingerprint density at radius 2 is 1.80 bits per heavy atom. The summed E-state index contributed by atoms with van der Waals surface area (Å²) in [4.78, 5) is 0. The zero-order chi connectivity index (χ0) is 14.3. The van der Waals surface area contributed by atoms with Crippen molar-refractivity contribution in [1.29, 1.82) is 0 Å². The van der Waals surface area contributed by atoms with Gasteiger partial charge in [0, 0.05) is 0 Å². The van der Waals surface area contributed by atoms with Gasteiger partial charge in [-0.25, -0.2) is 0 Å². The fourth-order valence-electron chi connectivity index (χ4n) is 3.64. The lowest BCUT2D eigenvalue weighted by molar-refractivity contribution is 0.369. The normalized spacial score (nSPS) is 28.0.